The Kier molecular flexibility index (Phi) is 5.98. The van der Waals surface area contributed by atoms with Gasteiger partial charge in [0.05, 0.1) is 12.7 Å². The molecule has 0 heterocycles. The number of hydrogen-bond acceptors (Lipinski definition) is 3. The number of aliphatic hydroxyl groups excluding tert-OH is 2. The Morgan fingerprint density at radius 1 is 1.44 bits per heavy atom. The van der Waals surface area contributed by atoms with E-state index in [9.17, 15) is 5.11 Å². The monoisotopic (exact) mass is 287 g/mol. The third-order valence-corrected chi connectivity index (χ3v) is 3.04. The van der Waals surface area contributed by atoms with Crippen molar-refractivity contribution < 1.29 is 10.2 Å². The lowest BCUT2D eigenvalue weighted by Crippen LogP contribution is -2.34. The van der Waals surface area contributed by atoms with Gasteiger partial charge in [0.25, 0.3) is 0 Å². The SMILES string of the molecule is CCC(CO)NCC(O)c1cccc(Br)c1. The zero-order chi connectivity index (χ0) is 12.0. The van der Waals surface area contributed by atoms with Gasteiger partial charge < -0.3 is 15.5 Å². The Morgan fingerprint density at radius 2 is 2.19 bits per heavy atom. The largest absolute Gasteiger partial charge is 0.395 e. The van der Waals surface area contributed by atoms with E-state index in [4.69, 9.17) is 5.11 Å². The zero-order valence-electron chi connectivity index (χ0n) is 9.36. The molecule has 0 bridgehead atoms. The first-order chi connectivity index (χ1) is 7.67. The van der Waals surface area contributed by atoms with Crippen molar-refractivity contribution in [3.63, 3.8) is 0 Å². The third-order valence-electron chi connectivity index (χ3n) is 2.55. The van der Waals surface area contributed by atoms with E-state index in [1.165, 1.54) is 0 Å². The Balaban J connectivity index is 2.49. The van der Waals surface area contributed by atoms with Gasteiger partial charge in [0.15, 0.2) is 0 Å². The molecule has 16 heavy (non-hydrogen) atoms. The summed E-state index contributed by atoms with van der Waals surface area (Å²) in [5.41, 5.74) is 0.870. The van der Waals surface area contributed by atoms with Crippen LogP contribution in [0.2, 0.25) is 0 Å². The third kappa shape index (κ3) is 4.22. The number of halogens is 1. The topological polar surface area (TPSA) is 52.5 Å². The van der Waals surface area contributed by atoms with Gasteiger partial charge in [0.2, 0.25) is 0 Å². The van der Waals surface area contributed by atoms with Crippen LogP contribution < -0.4 is 5.32 Å². The van der Waals surface area contributed by atoms with E-state index in [1.807, 2.05) is 31.2 Å². The number of hydrogen-bond donors (Lipinski definition) is 3. The summed E-state index contributed by atoms with van der Waals surface area (Å²) in [4.78, 5) is 0. The van der Waals surface area contributed by atoms with Crippen molar-refractivity contribution in [3.05, 3.63) is 34.3 Å². The molecule has 0 fully saturated rings. The summed E-state index contributed by atoms with van der Waals surface area (Å²) in [6, 6.07) is 7.66. The molecule has 90 valence electrons. The van der Waals surface area contributed by atoms with Crippen LogP contribution >= 0.6 is 15.9 Å². The second-order valence-electron chi connectivity index (χ2n) is 3.77. The number of aliphatic hydroxyl groups is 2. The van der Waals surface area contributed by atoms with Crippen LogP contribution in [0, 0.1) is 0 Å². The molecule has 0 radical (unpaired) electrons. The quantitative estimate of drug-likeness (QED) is 0.748. The van der Waals surface area contributed by atoms with E-state index in [1.54, 1.807) is 0 Å². The van der Waals surface area contributed by atoms with Gasteiger partial charge in [-0.1, -0.05) is 35.0 Å². The maximum Gasteiger partial charge on any atom is 0.0914 e. The molecule has 0 saturated carbocycles. The van der Waals surface area contributed by atoms with Crippen molar-refractivity contribution in [2.75, 3.05) is 13.2 Å². The molecule has 0 aliphatic rings. The molecule has 3 nitrogen and oxygen atoms in total. The normalized spacial score (nSPS) is 14.8. The number of nitrogens with one attached hydrogen (secondary N) is 1. The molecule has 2 unspecified atom stereocenters. The lowest BCUT2D eigenvalue weighted by Gasteiger charge is -2.17. The van der Waals surface area contributed by atoms with Crippen LogP contribution in [0.15, 0.2) is 28.7 Å². The smallest absolute Gasteiger partial charge is 0.0914 e. The van der Waals surface area contributed by atoms with Gasteiger partial charge >= 0.3 is 0 Å². The molecule has 0 aliphatic carbocycles. The first-order valence-corrected chi connectivity index (χ1v) is 6.24. The summed E-state index contributed by atoms with van der Waals surface area (Å²) in [5, 5.41) is 22.0. The van der Waals surface area contributed by atoms with Gasteiger partial charge in [-0.05, 0) is 24.1 Å². The summed E-state index contributed by atoms with van der Waals surface area (Å²) in [5.74, 6) is 0. The van der Waals surface area contributed by atoms with Crippen molar-refractivity contribution in [2.24, 2.45) is 0 Å². The van der Waals surface area contributed by atoms with Crippen molar-refractivity contribution in [3.8, 4) is 0 Å². The first-order valence-electron chi connectivity index (χ1n) is 5.45. The maximum absolute atomic E-state index is 9.92. The van der Waals surface area contributed by atoms with Gasteiger partial charge in [-0.25, -0.2) is 0 Å². The first kappa shape index (κ1) is 13.6. The van der Waals surface area contributed by atoms with E-state index in [2.05, 4.69) is 21.2 Å². The minimum absolute atomic E-state index is 0.0572. The van der Waals surface area contributed by atoms with E-state index in [0.29, 0.717) is 6.54 Å². The summed E-state index contributed by atoms with van der Waals surface area (Å²) < 4.78 is 0.957. The van der Waals surface area contributed by atoms with Gasteiger partial charge in [0, 0.05) is 17.1 Å². The van der Waals surface area contributed by atoms with Crippen LogP contribution in [-0.4, -0.2) is 29.4 Å². The highest BCUT2D eigenvalue weighted by atomic mass is 79.9. The predicted octanol–water partition coefficient (Wildman–Crippen LogP) is 1.84. The molecule has 4 heteroatoms. The molecule has 3 N–H and O–H groups in total. The van der Waals surface area contributed by atoms with Crippen molar-refractivity contribution in [1.29, 1.82) is 0 Å². The highest BCUT2D eigenvalue weighted by Crippen LogP contribution is 2.17. The molecule has 0 saturated heterocycles. The minimum Gasteiger partial charge on any atom is -0.395 e. The van der Waals surface area contributed by atoms with Crippen LogP contribution in [-0.2, 0) is 0 Å². The van der Waals surface area contributed by atoms with Crippen LogP contribution in [0.25, 0.3) is 0 Å². The molecule has 1 aromatic rings. The fourth-order valence-corrected chi connectivity index (χ4v) is 1.86. The molecule has 0 aliphatic heterocycles. The molecule has 2 atom stereocenters. The number of rotatable bonds is 6. The van der Waals surface area contributed by atoms with Crippen LogP contribution in [0.1, 0.15) is 25.0 Å². The molecule has 0 spiro atoms. The average molecular weight is 288 g/mol. The van der Waals surface area contributed by atoms with Gasteiger partial charge in [0.1, 0.15) is 0 Å². The lowest BCUT2D eigenvalue weighted by molar-refractivity contribution is 0.157. The van der Waals surface area contributed by atoms with Crippen molar-refractivity contribution in [1.82, 2.24) is 5.32 Å². The van der Waals surface area contributed by atoms with E-state index < -0.39 is 6.10 Å². The number of benzene rings is 1. The van der Waals surface area contributed by atoms with Crippen LogP contribution in [0.5, 0.6) is 0 Å². The standard InChI is InChI=1S/C12H18BrNO2/c1-2-11(8-15)14-7-12(16)9-4-3-5-10(13)6-9/h3-6,11-12,14-16H,2,7-8H2,1H3. The van der Waals surface area contributed by atoms with Crippen LogP contribution in [0.3, 0.4) is 0 Å². The fourth-order valence-electron chi connectivity index (χ4n) is 1.45. The minimum atomic E-state index is -0.543. The summed E-state index contributed by atoms with van der Waals surface area (Å²) in [7, 11) is 0. The van der Waals surface area contributed by atoms with Gasteiger partial charge in [-0.3, -0.25) is 0 Å². The molecule has 1 rings (SSSR count). The summed E-state index contributed by atoms with van der Waals surface area (Å²) >= 11 is 3.37. The molecular formula is C12H18BrNO2. The zero-order valence-corrected chi connectivity index (χ0v) is 10.9. The van der Waals surface area contributed by atoms with Gasteiger partial charge in [-0.15, -0.1) is 0 Å². The molecule has 0 aromatic heterocycles. The Hall–Kier alpha value is -0.420. The van der Waals surface area contributed by atoms with E-state index in [-0.39, 0.29) is 12.6 Å². The summed E-state index contributed by atoms with van der Waals surface area (Å²) in [6.07, 6.45) is 0.305. The highest BCUT2D eigenvalue weighted by Gasteiger charge is 2.10. The summed E-state index contributed by atoms with van der Waals surface area (Å²) in [6.45, 7) is 2.55. The highest BCUT2D eigenvalue weighted by molar-refractivity contribution is 9.10. The predicted molar refractivity (Wildman–Crippen MR) is 68.3 cm³/mol. The molecular weight excluding hydrogens is 270 g/mol. The van der Waals surface area contributed by atoms with E-state index >= 15 is 0 Å². The van der Waals surface area contributed by atoms with Crippen LogP contribution in [0.4, 0.5) is 0 Å². The van der Waals surface area contributed by atoms with Crippen molar-refractivity contribution >= 4 is 15.9 Å². The molecule has 0 amide bonds. The Bertz CT molecular complexity index is 316. The lowest BCUT2D eigenvalue weighted by atomic mass is 10.1. The molecule has 1 aromatic carbocycles. The average Bonchev–Trinajstić information content (AvgIpc) is 2.30. The Labute approximate surface area is 105 Å². The Morgan fingerprint density at radius 3 is 2.75 bits per heavy atom. The second-order valence-corrected chi connectivity index (χ2v) is 4.68. The maximum atomic E-state index is 9.92. The van der Waals surface area contributed by atoms with Crippen molar-refractivity contribution in [2.45, 2.75) is 25.5 Å². The second kappa shape index (κ2) is 7.01. The fraction of sp³-hybridized carbons (Fsp3) is 0.500. The van der Waals surface area contributed by atoms with E-state index in [0.717, 1.165) is 16.5 Å². The van der Waals surface area contributed by atoms with Gasteiger partial charge in [-0.2, -0.15) is 0 Å².